The topological polar surface area (TPSA) is 81.1 Å². The van der Waals surface area contributed by atoms with Gasteiger partial charge >= 0.3 is 0 Å². The van der Waals surface area contributed by atoms with Crippen LogP contribution in [0.25, 0.3) is 293 Å². The number of hydrogen-bond acceptors (Lipinski definition) is 7. The van der Waals surface area contributed by atoms with Crippen molar-refractivity contribution in [3.63, 3.8) is 0 Å². The van der Waals surface area contributed by atoms with Crippen molar-refractivity contribution in [3.05, 3.63) is 497 Å². The Bertz CT molecular complexity index is 11300. The van der Waals surface area contributed by atoms with Gasteiger partial charge in [0, 0.05) is 176 Å². The van der Waals surface area contributed by atoms with Crippen LogP contribution >= 0.6 is 34.0 Å². The molecule has 0 saturated heterocycles. The lowest BCUT2D eigenvalue weighted by Gasteiger charge is -2.11. The lowest BCUT2D eigenvalue weighted by molar-refractivity contribution is 0.954. The molecule has 0 aliphatic carbocycles. The third kappa shape index (κ3) is 13.3. The van der Waals surface area contributed by atoms with E-state index in [-0.39, 0.29) is 0 Å². The summed E-state index contributed by atoms with van der Waals surface area (Å²) in [6.07, 6.45) is 0. The van der Waals surface area contributed by atoms with Crippen LogP contribution < -0.4 is 0 Å². The fraction of sp³-hybridized carbons (Fsp3) is 0. The highest BCUT2D eigenvalue weighted by Gasteiger charge is 2.29. The van der Waals surface area contributed by atoms with Crippen LogP contribution in [0.15, 0.2) is 497 Å². The number of hydrogen-bond donors (Lipinski definition) is 0. The summed E-state index contributed by atoms with van der Waals surface area (Å²) < 4.78 is 22.3. The monoisotopic (exact) mass is 1950 g/mol. The summed E-state index contributed by atoms with van der Waals surface area (Å²) in [6.45, 7) is 0. The van der Waals surface area contributed by atoms with Gasteiger partial charge in [-0.3, -0.25) is 4.57 Å². The Labute approximate surface area is 864 Å². The van der Waals surface area contributed by atoms with Crippen LogP contribution in [0.5, 0.6) is 0 Å². The molecule has 0 aliphatic rings. The normalized spacial score (nSPS) is 12.0. The van der Waals surface area contributed by atoms with Gasteiger partial charge in [-0.15, -0.1) is 34.0 Å². The van der Waals surface area contributed by atoms with E-state index in [0.717, 1.165) is 67.3 Å². The number of nitrogens with zero attached hydrogens (tertiary/aromatic N) is 10. The second-order valence-corrected chi connectivity index (χ2v) is 41.7. The molecule has 149 heavy (non-hydrogen) atoms. The van der Waals surface area contributed by atoms with Gasteiger partial charge in [0.15, 0.2) is 11.6 Å². The molecule has 0 fully saturated rings. The molecule has 10 nitrogen and oxygen atoms in total. The Hall–Kier alpha value is -19.0. The number of pyridine rings is 1. The van der Waals surface area contributed by atoms with E-state index in [1.54, 1.807) is 0 Å². The largest absolute Gasteiger partial charge is 0.309 e. The summed E-state index contributed by atoms with van der Waals surface area (Å²) in [7, 11) is 0. The number of benzene rings is 22. The maximum absolute atomic E-state index is 5.24. The molecule has 0 spiro atoms. The predicted octanol–water partition coefficient (Wildman–Crippen LogP) is 37.3. The maximum Gasteiger partial charge on any atom is 0.238 e. The molecule has 13 heteroatoms. The van der Waals surface area contributed by atoms with E-state index >= 15 is 0 Å². The average Bonchev–Trinajstić information content (AvgIpc) is 1.54. The van der Waals surface area contributed by atoms with Crippen LogP contribution in [0.3, 0.4) is 0 Å². The first-order valence-electron chi connectivity index (χ1n) is 50.5. The Morgan fingerprint density at radius 2 is 0.470 bits per heavy atom. The highest BCUT2D eigenvalue weighted by molar-refractivity contribution is 7.28. The van der Waals surface area contributed by atoms with Crippen LogP contribution in [-0.4, -0.2) is 47.3 Å². The first-order chi connectivity index (χ1) is 73.9. The third-order valence-electron chi connectivity index (χ3n) is 30.3. The van der Waals surface area contributed by atoms with Gasteiger partial charge in [0.25, 0.3) is 0 Å². The summed E-state index contributed by atoms with van der Waals surface area (Å²) >= 11 is 5.68. The van der Waals surface area contributed by atoms with E-state index < -0.39 is 0 Å². The van der Waals surface area contributed by atoms with E-state index in [1.807, 2.05) is 76.5 Å². The highest BCUT2D eigenvalue weighted by atomic mass is 32.1. The van der Waals surface area contributed by atoms with Crippen LogP contribution in [0, 0.1) is 0 Å². The minimum absolute atomic E-state index is 0.588. The molecule has 33 rings (SSSR count). The molecule has 0 atom stereocenters. The van der Waals surface area contributed by atoms with Crippen molar-refractivity contribution < 1.29 is 0 Å². The number of para-hydroxylation sites is 6. The van der Waals surface area contributed by atoms with E-state index in [9.17, 15) is 0 Å². The van der Waals surface area contributed by atoms with E-state index in [2.05, 4.69) is 482 Å². The molecule has 33 aromatic rings. The maximum atomic E-state index is 5.24. The number of fused-ring (bicyclic) bond motifs is 34. The van der Waals surface area contributed by atoms with Crippen LogP contribution in [0.2, 0.25) is 0 Å². The Morgan fingerprint density at radius 1 is 0.148 bits per heavy atom. The van der Waals surface area contributed by atoms with Crippen molar-refractivity contribution in [2.24, 2.45) is 0 Å². The van der Waals surface area contributed by atoms with Crippen molar-refractivity contribution in [2.75, 3.05) is 0 Å². The van der Waals surface area contributed by atoms with Crippen molar-refractivity contribution >= 4 is 247 Å². The van der Waals surface area contributed by atoms with Gasteiger partial charge in [-0.2, -0.15) is 9.97 Å². The molecule has 11 aromatic heterocycles. The third-order valence-corrected chi connectivity index (χ3v) is 33.9. The van der Waals surface area contributed by atoms with Gasteiger partial charge in [0.05, 0.1) is 77.6 Å². The summed E-state index contributed by atoms with van der Waals surface area (Å²) in [5, 5.41) is 28.0. The average molecular weight is 1950 g/mol. The standard InChI is InChI=1S/C51H31N3S.C45H27N5S.C40H24N2S/c1-4-14-33(15-5-1)42-21-12-22-43(52-42)34-23-26-44-39(29-34)40-30-41-47(31-46(40)53(44)35-16-6-2-7-17-35)54(36-18-8-3-9-19-36)45-27-25-38-49-37-20-11-10-13-32(37)24-28-48(49)55-51(38)50(41)45;1-4-14-28(15-5-1)43-46-44(29-16-6-2-7-17-29)48-45(47-43)50-37-25-24-33-32-21-11-13-23-40(32)51-42(33)41(37)35-26-34-31-20-10-12-22-36(31)49(38(34)27-39(35)50)30-18-8-3-9-19-30;1-3-12-26(13-4-1)41-33-21-19-25-11-7-8-16-28(25)38(33)31-23-32-36(24-35(31)41)42(27-14-5-2-6-15-27)34-22-20-30-29-17-9-10-18-37(29)43-40(30)39(32)34/h1-31H;1-27H;1-24H. The molecule has 0 radical (unpaired) electrons. The highest BCUT2D eigenvalue weighted by Crippen LogP contribution is 2.53. The van der Waals surface area contributed by atoms with Gasteiger partial charge in [-0.05, 0) is 191 Å². The Morgan fingerprint density at radius 3 is 0.966 bits per heavy atom. The predicted molar refractivity (Wildman–Crippen MR) is 632 cm³/mol. The molecule has 22 aromatic carbocycles. The van der Waals surface area contributed by atoms with Gasteiger partial charge in [0.2, 0.25) is 5.95 Å². The van der Waals surface area contributed by atoms with Crippen LogP contribution in [0.1, 0.15) is 0 Å². The van der Waals surface area contributed by atoms with Crippen molar-refractivity contribution in [1.82, 2.24) is 47.3 Å². The zero-order chi connectivity index (χ0) is 97.6. The lowest BCUT2D eigenvalue weighted by Crippen LogP contribution is -2.06. The van der Waals surface area contributed by atoms with Crippen molar-refractivity contribution in [2.45, 2.75) is 0 Å². The molecule has 0 bridgehead atoms. The Kier molecular flexibility index (Phi) is 19.2. The molecule has 0 saturated carbocycles. The summed E-state index contributed by atoms with van der Waals surface area (Å²) in [4.78, 5) is 20.6. The van der Waals surface area contributed by atoms with Crippen LogP contribution in [-0.2, 0) is 0 Å². The van der Waals surface area contributed by atoms with Crippen LogP contribution in [0.4, 0.5) is 0 Å². The lowest BCUT2D eigenvalue weighted by atomic mass is 10.0. The zero-order valence-corrected chi connectivity index (χ0v) is 82.5. The molecular weight excluding hydrogens is 1870 g/mol. The van der Waals surface area contributed by atoms with Gasteiger partial charge in [-0.25, -0.2) is 9.97 Å². The van der Waals surface area contributed by atoms with Gasteiger partial charge in [-0.1, -0.05) is 328 Å². The minimum Gasteiger partial charge on any atom is -0.309 e. The number of rotatable bonds is 10. The Balaban J connectivity index is 0.000000102. The molecule has 0 amide bonds. The zero-order valence-electron chi connectivity index (χ0n) is 80.0. The molecule has 694 valence electrons. The van der Waals surface area contributed by atoms with Crippen molar-refractivity contribution in [1.29, 1.82) is 0 Å². The smallest absolute Gasteiger partial charge is 0.238 e. The van der Waals surface area contributed by atoms with E-state index in [1.165, 1.54) is 208 Å². The van der Waals surface area contributed by atoms with Crippen molar-refractivity contribution in [3.8, 4) is 79.7 Å². The van der Waals surface area contributed by atoms with Gasteiger partial charge < -0.3 is 22.8 Å². The molecule has 0 unspecified atom stereocenters. The summed E-state index contributed by atoms with van der Waals surface area (Å²) in [6, 6.07) is 179. The molecule has 11 heterocycles. The van der Waals surface area contributed by atoms with Gasteiger partial charge in [0.1, 0.15) is 0 Å². The van der Waals surface area contributed by atoms with E-state index in [0.29, 0.717) is 17.6 Å². The first kappa shape index (κ1) is 84.5. The summed E-state index contributed by atoms with van der Waals surface area (Å²) in [5.41, 5.74) is 25.9. The quantitative estimate of drug-likeness (QED) is 0.137. The first-order valence-corrected chi connectivity index (χ1v) is 52.9. The molecular formula is C136H82N10S3. The fourth-order valence-corrected chi connectivity index (χ4v) is 27.6. The SMILES string of the molecule is c1ccc(-c2cccc(-c3ccc4c(c3)c3cc5c6c7sc8ccc9ccccc9c8c7ccc6n(-c6ccccc6)c5cc3n4-c3ccccc3)n2)cc1.c1ccc(-c2nc(-c3ccccc3)nc(-n3c4cc5c(cc4c4c6sc7ccccc7c6ccc43)c3ccccc3n5-c3ccccc3)n2)cc1.c1ccc(-n2c3cc4c(cc3c3c5ccccc5ccc32)c2c3sc5ccccc5c3ccc2n4-c2ccccc2)cc1. The van der Waals surface area contributed by atoms with E-state index in [4.69, 9.17) is 19.9 Å². The number of aromatic nitrogens is 10. The summed E-state index contributed by atoms with van der Waals surface area (Å²) in [5.74, 6) is 1.86. The fourth-order valence-electron chi connectivity index (χ4n) is 23.8. The second-order valence-electron chi connectivity index (χ2n) is 38.5. The minimum atomic E-state index is 0.588. The molecule has 0 aliphatic heterocycles. The second kappa shape index (κ2) is 33.8. The number of thiophene rings is 3. The molecule has 0 N–H and O–H groups in total.